The van der Waals surface area contributed by atoms with Crippen LogP contribution in [0.4, 0.5) is 9.18 Å². The Morgan fingerprint density at radius 3 is 2.33 bits per heavy atom. The molecule has 0 bridgehead atoms. The third-order valence-corrected chi connectivity index (χ3v) is 4.32. The molecule has 0 atom stereocenters. The van der Waals surface area contributed by atoms with Crippen molar-refractivity contribution in [3.05, 3.63) is 53.3 Å². The molecule has 0 aliphatic carbocycles. The minimum Gasteiger partial charge on any atom is -0.491 e. The van der Waals surface area contributed by atoms with E-state index in [9.17, 15) is 19.1 Å². The number of hydrogen-bond donors (Lipinski definition) is 2. The molecule has 1 heterocycles. The number of primary amides is 1. The van der Waals surface area contributed by atoms with Crippen molar-refractivity contribution in [3.63, 3.8) is 0 Å². The van der Waals surface area contributed by atoms with E-state index in [2.05, 4.69) is 4.74 Å². The maximum absolute atomic E-state index is 13.4. The molecule has 8 heteroatoms. The van der Waals surface area contributed by atoms with E-state index in [0.29, 0.717) is 22.3 Å². The molecular formula is C22H22FNO6. The Bertz CT molecular complexity index is 1110. The summed E-state index contributed by atoms with van der Waals surface area (Å²) in [7, 11) is 0. The molecule has 0 spiro atoms. The lowest BCUT2D eigenvalue weighted by atomic mass is 9.95. The third kappa shape index (κ3) is 4.28. The summed E-state index contributed by atoms with van der Waals surface area (Å²) in [4.78, 5) is 23.8. The molecule has 7 nitrogen and oxygen atoms in total. The number of ether oxygens (including phenoxy) is 2. The second-order valence-corrected chi connectivity index (χ2v) is 7.59. The SMILES string of the molecule is CC(C)Oc1cc2c(C(=O)OC(N)=O)c(-c3ccc(F)cc3)oc2cc1C(C)(C)O. The smallest absolute Gasteiger partial charge is 0.412 e. The van der Waals surface area contributed by atoms with Crippen molar-refractivity contribution in [2.75, 3.05) is 0 Å². The first-order valence-electron chi connectivity index (χ1n) is 9.25. The average molecular weight is 415 g/mol. The van der Waals surface area contributed by atoms with E-state index in [-0.39, 0.29) is 23.0 Å². The minimum atomic E-state index is -1.27. The van der Waals surface area contributed by atoms with Crippen LogP contribution in [0.2, 0.25) is 0 Å². The van der Waals surface area contributed by atoms with Gasteiger partial charge in [-0.25, -0.2) is 14.0 Å². The molecule has 2 aromatic carbocycles. The Morgan fingerprint density at radius 1 is 1.17 bits per heavy atom. The van der Waals surface area contributed by atoms with E-state index in [4.69, 9.17) is 14.9 Å². The van der Waals surface area contributed by atoms with Gasteiger partial charge in [-0.15, -0.1) is 0 Å². The highest BCUT2D eigenvalue weighted by Crippen LogP contribution is 2.40. The Kier molecular flexibility index (Phi) is 5.54. The van der Waals surface area contributed by atoms with E-state index in [1.807, 2.05) is 13.8 Å². The first-order chi connectivity index (χ1) is 14.0. The minimum absolute atomic E-state index is 0.0636. The van der Waals surface area contributed by atoms with E-state index < -0.39 is 23.5 Å². The number of esters is 1. The molecule has 0 unspecified atom stereocenters. The quantitative estimate of drug-likeness (QED) is 0.469. The van der Waals surface area contributed by atoms with Crippen LogP contribution in [0, 0.1) is 5.82 Å². The first-order valence-corrected chi connectivity index (χ1v) is 9.25. The van der Waals surface area contributed by atoms with Gasteiger partial charge < -0.3 is 24.7 Å². The summed E-state index contributed by atoms with van der Waals surface area (Å²) >= 11 is 0. The summed E-state index contributed by atoms with van der Waals surface area (Å²) in [6, 6.07) is 8.37. The van der Waals surface area contributed by atoms with Crippen molar-refractivity contribution in [3.8, 4) is 17.1 Å². The first kappa shape index (κ1) is 21.3. The molecule has 3 N–H and O–H groups in total. The largest absolute Gasteiger partial charge is 0.491 e. The Hall–Kier alpha value is -3.39. The van der Waals surface area contributed by atoms with Gasteiger partial charge in [0.2, 0.25) is 0 Å². The second kappa shape index (κ2) is 7.79. The van der Waals surface area contributed by atoms with E-state index in [0.717, 1.165) is 0 Å². The summed E-state index contributed by atoms with van der Waals surface area (Å²) < 4.78 is 29.7. The molecule has 1 aromatic heterocycles. The van der Waals surface area contributed by atoms with Gasteiger partial charge in [0, 0.05) is 16.5 Å². The molecule has 0 aliphatic heterocycles. The predicted octanol–water partition coefficient (Wildman–Crippen LogP) is 4.49. The van der Waals surface area contributed by atoms with Gasteiger partial charge >= 0.3 is 12.1 Å². The van der Waals surface area contributed by atoms with Crippen molar-refractivity contribution in [1.82, 2.24) is 0 Å². The molecule has 3 rings (SSSR count). The normalized spacial score (nSPS) is 11.7. The van der Waals surface area contributed by atoms with Crippen LogP contribution in [-0.4, -0.2) is 23.3 Å². The topological polar surface area (TPSA) is 112 Å². The van der Waals surface area contributed by atoms with Gasteiger partial charge in [-0.05, 0) is 64.1 Å². The van der Waals surface area contributed by atoms with Gasteiger partial charge in [0.1, 0.15) is 28.5 Å². The average Bonchev–Trinajstić information content (AvgIpc) is 2.98. The van der Waals surface area contributed by atoms with Crippen LogP contribution in [0.15, 0.2) is 40.8 Å². The second-order valence-electron chi connectivity index (χ2n) is 7.59. The number of furan rings is 1. The third-order valence-electron chi connectivity index (χ3n) is 4.32. The van der Waals surface area contributed by atoms with Crippen LogP contribution in [-0.2, 0) is 10.3 Å². The van der Waals surface area contributed by atoms with Gasteiger partial charge in [-0.3, -0.25) is 0 Å². The fraction of sp³-hybridized carbons (Fsp3) is 0.273. The van der Waals surface area contributed by atoms with Crippen LogP contribution < -0.4 is 10.5 Å². The van der Waals surface area contributed by atoms with Crippen LogP contribution in [0.5, 0.6) is 5.75 Å². The van der Waals surface area contributed by atoms with Gasteiger partial charge in [0.05, 0.1) is 11.7 Å². The fourth-order valence-electron chi connectivity index (χ4n) is 3.10. The standard InChI is InChI=1S/C22H22FNO6/c1-11(2)28-17-9-14-16(10-15(17)22(3,4)27)29-19(12-5-7-13(23)8-6-12)18(14)20(25)30-21(24)26/h5-11,27H,1-4H3,(H2,24,26). The number of amides is 1. The van der Waals surface area contributed by atoms with Crippen molar-refractivity contribution in [2.24, 2.45) is 5.73 Å². The number of rotatable bonds is 5. The van der Waals surface area contributed by atoms with E-state index >= 15 is 0 Å². The van der Waals surface area contributed by atoms with Crippen LogP contribution in [0.3, 0.4) is 0 Å². The van der Waals surface area contributed by atoms with Crippen molar-refractivity contribution in [2.45, 2.75) is 39.4 Å². The van der Waals surface area contributed by atoms with Crippen LogP contribution in [0.25, 0.3) is 22.3 Å². The van der Waals surface area contributed by atoms with Crippen molar-refractivity contribution in [1.29, 1.82) is 0 Å². The van der Waals surface area contributed by atoms with Gasteiger partial charge in [-0.2, -0.15) is 0 Å². The lowest BCUT2D eigenvalue weighted by Gasteiger charge is -2.23. The van der Waals surface area contributed by atoms with Crippen LogP contribution >= 0.6 is 0 Å². The molecule has 0 saturated heterocycles. The van der Waals surface area contributed by atoms with E-state index in [1.165, 1.54) is 30.3 Å². The number of benzene rings is 2. The molecule has 158 valence electrons. The summed E-state index contributed by atoms with van der Waals surface area (Å²) in [6.07, 6.45) is -1.49. The highest BCUT2D eigenvalue weighted by atomic mass is 19.1. The van der Waals surface area contributed by atoms with Gasteiger partial charge in [-0.1, -0.05) is 0 Å². The Morgan fingerprint density at radius 2 is 1.80 bits per heavy atom. The number of carbonyl (C=O) groups excluding carboxylic acids is 2. The number of nitrogens with two attached hydrogens (primary N) is 1. The predicted molar refractivity (Wildman–Crippen MR) is 108 cm³/mol. The molecule has 0 fully saturated rings. The molecule has 0 radical (unpaired) electrons. The number of carbonyl (C=O) groups is 2. The molecule has 0 aliphatic rings. The molecular weight excluding hydrogens is 393 g/mol. The Labute approximate surface area is 172 Å². The zero-order chi connectivity index (χ0) is 22.2. The number of aliphatic hydroxyl groups is 1. The van der Waals surface area contributed by atoms with Crippen molar-refractivity contribution < 1.29 is 33.0 Å². The van der Waals surface area contributed by atoms with E-state index in [1.54, 1.807) is 19.9 Å². The molecule has 1 amide bonds. The number of fused-ring (bicyclic) bond motifs is 1. The highest BCUT2D eigenvalue weighted by Gasteiger charge is 2.29. The lowest BCUT2D eigenvalue weighted by molar-refractivity contribution is 0.0640. The highest BCUT2D eigenvalue weighted by molar-refractivity contribution is 6.11. The van der Waals surface area contributed by atoms with Gasteiger partial charge in [0.25, 0.3) is 0 Å². The molecule has 30 heavy (non-hydrogen) atoms. The Balaban J connectivity index is 2.33. The number of hydrogen-bond acceptors (Lipinski definition) is 6. The fourth-order valence-corrected chi connectivity index (χ4v) is 3.10. The summed E-state index contributed by atoms with van der Waals surface area (Å²) in [6.45, 7) is 6.82. The van der Waals surface area contributed by atoms with Gasteiger partial charge in [0.15, 0.2) is 0 Å². The summed E-state index contributed by atoms with van der Waals surface area (Å²) in [5, 5.41) is 10.9. The molecule has 0 saturated carbocycles. The zero-order valence-corrected chi connectivity index (χ0v) is 17.0. The summed E-state index contributed by atoms with van der Waals surface area (Å²) in [5.74, 6) is -1.08. The monoisotopic (exact) mass is 415 g/mol. The maximum atomic E-state index is 13.4. The lowest BCUT2D eigenvalue weighted by Crippen LogP contribution is -2.19. The van der Waals surface area contributed by atoms with Crippen LogP contribution in [0.1, 0.15) is 43.6 Å². The maximum Gasteiger partial charge on any atom is 0.412 e. The summed E-state index contributed by atoms with van der Waals surface area (Å²) in [5.41, 5.74) is 4.76. The number of halogens is 1. The van der Waals surface area contributed by atoms with Crippen molar-refractivity contribution >= 4 is 23.0 Å². The zero-order valence-electron chi connectivity index (χ0n) is 17.0. The molecule has 3 aromatic rings.